The van der Waals surface area contributed by atoms with Crippen molar-refractivity contribution in [3.8, 4) is 0 Å². The van der Waals surface area contributed by atoms with Crippen LogP contribution in [0, 0.1) is 0 Å². The molecule has 3 unspecified atom stereocenters. The molecule has 4 rings (SSSR count). The van der Waals surface area contributed by atoms with Gasteiger partial charge in [0.15, 0.2) is 5.79 Å². The smallest absolute Gasteiger partial charge is 0.306 e. The van der Waals surface area contributed by atoms with E-state index in [1.807, 2.05) is 6.92 Å². The molecule has 2 saturated heterocycles. The molecule has 1 aromatic rings. The number of fused-ring (bicyclic) bond motifs is 1. The zero-order valence-corrected chi connectivity index (χ0v) is 21.4. The van der Waals surface area contributed by atoms with E-state index in [1.165, 1.54) is 36.8 Å². The molecule has 2 heterocycles. The minimum absolute atomic E-state index is 0.00245. The molecule has 0 aromatic heterocycles. The average Bonchev–Trinajstić information content (AvgIpc) is 3.10. The van der Waals surface area contributed by atoms with Crippen LogP contribution in [0.1, 0.15) is 117 Å². The molecule has 180 valence electrons. The van der Waals surface area contributed by atoms with Crippen LogP contribution >= 0.6 is 0 Å². The maximum atomic E-state index is 10.8. The molecule has 1 aliphatic carbocycles. The van der Waals surface area contributed by atoms with Gasteiger partial charge < -0.3 is 14.2 Å². The molecule has 4 nitrogen and oxygen atoms in total. The van der Waals surface area contributed by atoms with Crippen LogP contribution in [-0.4, -0.2) is 24.8 Å². The number of rotatable bonds is 4. The number of esters is 1. The van der Waals surface area contributed by atoms with E-state index in [0.717, 1.165) is 24.8 Å². The van der Waals surface area contributed by atoms with E-state index in [-0.39, 0.29) is 29.0 Å². The lowest BCUT2D eigenvalue weighted by Crippen LogP contribution is -2.35. The van der Waals surface area contributed by atoms with Gasteiger partial charge in [-0.2, -0.15) is 0 Å². The molecule has 2 aliphatic heterocycles. The fraction of sp³-hybridized carbons (Fsp3) is 0.750. The Morgan fingerprint density at radius 2 is 1.72 bits per heavy atom. The van der Waals surface area contributed by atoms with E-state index >= 15 is 0 Å². The molecular weight excluding hydrogens is 400 g/mol. The third-order valence-electron chi connectivity index (χ3n) is 7.48. The lowest BCUT2D eigenvalue weighted by Gasteiger charge is -2.42. The highest BCUT2D eigenvalue weighted by Gasteiger charge is 2.41. The minimum Gasteiger partial charge on any atom is -0.462 e. The second-order valence-electron chi connectivity index (χ2n) is 11.4. The van der Waals surface area contributed by atoms with Crippen LogP contribution < -0.4 is 0 Å². The van der Waals surface area contributed by atoms with Crippen molar-refractivity contribution in [3.05, 3.63) is 34.9 Å². The van der Waals surface area contributed by atoms with Gasteiger partial charge in [0.2, 0.25) is 0 Å². The monoisotopic (exact) mass is 444 g/mol. The third-order valence-corrected chi connectivity index (χ3v) is 7.48. The molecule has 0 bridgehead atoms. The van der Waals surface area contributed by atoms with Crippen molar-refractivity contribution in [2.75, 3.05) is 6.61 Å². The van der Waals surface area contributed by atoms with E-state index in [9.17, 15) is 4.79 Å². The molecule has 0 spiro atoms. The Morgan fingerprint density at radius 3 is 2.31 bits per heavy atom. The largest absolute Gasteiger partial charge is 0.462 e. The second kappa shape index (κ2) is 9.85. The zero-order chi connectivity index (χ0) is 23.6. The summed E-state index contributed by atoms with van der Waals surface area (Å²) >= 11 is 0. The SMILES string of the molecule is CC1COC(C)(c2ccc3c(c2)C(C)(C)CCC3(C)C)O1.CCCCC1CCCC(=O)O1. The molecule has 32 heavy (non-hydrogen) atoms. The van der Waals surface area contributed by atoms with Gasteiger partial charge in [0.05, 0.1) is 12.7 Å². The van der Waals surface area contributed by atoms with Gasteiger partial charge in [-0.1, -0.05) is 59.6 Å². The number of carbonyl (C=O) groups is 1. The normalized spacial score (nSPS) is 30.7. The third kappa shape index (κ3) is 5.75. The number of cyclic esters (lactones) is 1. The quantitative estimate of drug-likeness (QED) is 0.473. The van der Waals surface area contributed by atoms with Crippen LogP contribution in [0.15, 0.2) is 18.2 Å². The fourth-order valence-electron chi connectivity index (χ4n) is 5.16. The van der Waals surface area contributed by atoms with Gasteiger partial charge in [0.25, 0.3) is 0 Å². The molecule has 2 fully saturated rings. The summed E-state index contributed by atoms with van der Waals surface area (Å²) in [5.74, 6) is -0.594. The summed E-state index contributed by atoms with van der Waals surface area (Å²) in [6.07, 6.45) is 9.01. The van der Waals surface area contributed by atoms with E-state index in [2.05, 4.69) is 59.7 Å². The number of ether oxygens (including phenoxy) is 3. The molecule has 1 aromatic carbocycles. The van der Waals surface area contributed by atoms with Gasteiger partial charge in [-0.25, -0.2) is 0 Å². The molecule has 3 atom stereocenters. The van der Waals surface area contributed by atoms with E-state index in [1.54, 1.807) is 0 Å². The molecule has 4 heteroatoms. The van der Waals surface area contributed by atoms with Gasteiger partial charge >= 0.3 is 5.97 Å². The molecule has 0 saturated carbocycles. The van der Waals surface area contributed by atoms with E-state index < -0.39 is 5.79 Å². The topological polar surface area (TPSA) is 44.8 Å². The fourth-order valence-corrected chi connectivity index (χ4v) is 5.16. The van der Waals surface area contributed by atoms with Crippen molar-refractivity contribution in [3.63, 3.8) is 0 Å². The Balaban J connectivity index is 0.000000222. The van der Waals surface area contributed by atoms with Crippen molar-refractivity contribution in [2.45, 2.75) is 129 Å². The Hall–Kier alpha value is -1.39. The second-order valence-corrected chi connectivity index (χ2v) is 11.4. The lowest BCUT2D eigenvalue weighted by molar-refractivity contribution is -0.160. The van der Waals surface area contributed by atoms with Crippen LogP contribution in [0.3, 0.4) is 0 Å². The summed E-state index contributed by atoms with van der Waals surface area (Å²) in [6, 6.07) is 6.82. The van der Waals surface area contributed by atoms with Crippen LogP contribution in [0.2, 0.25) is 0 Å². The average molecular weight is 445 g/mol. The first-order valence-electron chi connectivity index (χ1n) is 12.6. The zero-order valence-electron chi connectivity index (χ0n) is 21.4. The molecule has 0 amide bonds. The number of unbranched alkanes of at least 4 members (excludes halogenated alkanes) is 1. The van der Waals surface area contributed by atoms with Crippen molar-refractivity contribution in [1.29, 1.82) is 0 Å². The predicted molar refractivity (Wildman–Crippen MR) is 129 cm³/mol. The molecular formula is C28H44O4. The predicted octanol–water partition coefficient (Wildman–Crippen LogP) is 6.92. The number of benzene rings is 1. The van der Waals surface area contributed by atoms with Crippen molar-refractivity contribution < 1.29 is 19.0 Å². The van der Waals surface area contributed by atoms with Crippen LogP contribution in [0.4, 0.5) is 0 Å². The maximum Gasteiger partial charge on any atom is 0.306 e. The first kappa shape index (κ1) is 25.2. The Bertz CT molecular complexity index is 797. The summed E-state index contributed by atoms with van der Waals surface area (Å²) in [5.41, 5.74) is 4.58. The van der Waals surface area contributed by atoms with Gasteiger partial charge in [-0.3, -0.25) is 4.79 Å². The maximum absolute atomic E-state index is 10.8. The van der Waals surface area contributed by atoms with E-state index in [0.29, 0.717) is 13.0 Å². The highest BCUT2D eigenvalue weighted by molar-refractivity contribution is 5.70. The highest BCUT2D eigenvalue weighted by Crippen LogP contribution is 2.47. The highest BCUT2D eigenvalue weighted by atomic mass is 16.7. The van der Waals surface area contributed by atoms with E-state index in [4.69, 9.17) is 14.2 Å². The Labute approximate surface area is 195 Å². The summed E-state index contributed by atoms with van der Waals surface area (Å²) in [7, 11) is 0. The van der Waals surface area contributed by atoms with Gasteiger partial charge in [-0.15, -0.1) is 0 Å². The summed E-state index contributed by atoms with van der Waals surface area (Å²) < 4.78 is 17.1. The number of carbonyl (C=O) groups excluding carboxylic acids is 1. The van der Waals surface area contributed by atoms with Crippen LogP contribution in [0.25, 0.3) is 0 Å². The van der Waals surface area contributed by atoms with Gasteiger partial charge in [0, 0.05) is 12.0 Å². The summed E-state index contributed by atoms with van der Waals surface area (Å²) in [5, 5.41) is 0. The van der Waals surface area contributed by atoms with Gasteiger partial charge in [0.1, 0.15) is 6.10 Å². The Kier molecular flexibility index (Phi) is 7.77. The summed E-state index contributed by atoms with van der Waals surface area (Å²) in [6.45, 7) is 16.3. The summed E-state index contributed by atoms with van der Waals surface area (Å²) in [4.78, 5) is 10.8. The first-order valence-corrected chi connectivity index (χ1v) is 12.6. The number of hydrogen-bond acceptors (Lipinski definition) is 4. The molecule has 0 N–H and O–H groups in total. The first-order chi connectivity index (χ1) is 15.0. The molecule has 0 radical (unpaired) electrons. The van der Waals surface area contributed by atoms with Crippen molar-refractivity contribution in [2.24, 2.45) is 0 Å². The molecule has 3 aliphatic rings. The minimum atomic E-state index is -0.591. The Morgan fingerprint density at radius 1 is 1.03 bits per heavy atom. The van der Waals surface area contributed by atoms with Crippen molar-refractivity contribution in [1.82, 2.24) is 0 Å². The standard InChI is InChI=1S/C19H28O2.C9H16O2/c1-13-12-20-19(6,21-13)14-7-8-15-16(11-14)18(4,5)10-9-17(15,2)3;1-2-3-5-8-6-4-7-9(10)11-8/h7-8,11,13H,9-10,12H2,1-6H3;8H,2-7H2,1H3. The van der Waals surface area contributed by atoms with Crippen molar-refractivity contribution >= 4 is 5.97 Å². The van der Waals surface area contributed by atoms with Crippen LogP contribution in [0.5, 0.6) is 0 Å². The number of hydrogen-bond donors (Lipinski definition) is 0. The van der Waals surface area contributed by atoms with Crippen LogP contribution in [-0.2, 0) is 35.6 Å². The lowest BCUT2D eigenvalue weighted by atomic mass is 9.63. The van der Waals surface area contributed by atoms with Gasteiger partial charge in [-0.05, 0) is 74.0 Å².